The molecule has 23 heavy (non-hydrogen) atoms. The normalized spacial score (nSPS) is 36.3. The highest BCUT2D eigenvalue weighted by Gasteiger charge is 2.56. The van der Waals surface area contributed by atoms with Gasteiger partial charge in [0.2, 0.25) is 5.78 Å². The highest BCUT2D eigenvalue weighted by atomic mass is 16.5. The molecular weight excluding hydrogens is 294 g/mol. The van der Waals surface area contributed by atoms with Crippen molar-refractivity contribution in [3.8, 4) is 0 Å². The Balaban J connectivity index is 1.99. The fraction of sp³-hybridized carbons (Fsp3) is 0.444. The summed E-state index contributed by atoms with van der Waals surface area (Å²) in [5.74, 6) is -0.226. The SMILES string of the molecule is COC1=CC2C3C=C4C=CC(=O)C(O)=C4[C@]2(CCN3C)CC1=O. The Morgan fingerprint density at radius 2 is 2.09 bits per heavy atom. The number of ether oxygens (including phenoxy) is 1. The number of carbonyl (C=O) groups excluding carboxylic acids is 2. The molecular formula is C18H19NO4. The van der Waals surface area contributed by atoms with Crippen LogP contribution in [0.25, 0.3) is 0 Å². The number of carbonyl (C=O) groups is 2. The van der Waals surface area contributed by atoms with Crippen LogP contribution in [0.15, 0.2) is 47.0 Å². The van der Waals surface area contributed by atoms with E-state index in [0.717, 1.165) is 18.5 Å². The maximum absolute atomic E-state index is 12.5. The molecule has 0 aromatic heterocycles. The van der Waals surface area contributed by atoms with E-state index in [4.69, 9.17) is 4.74 Å². The van der Waals surface area contributed by atoms with Crippen LogP contribution in [0, 0.1) is 11.3 Å². The van der Waals surface area contributed by atoms with Crippen LogP contribution in [0.1, 0.15) is 12.8 Å². The van der Waals surface area contributed by atoms with Crippen LogP contribution >= 0.6 is 0 Å². The molecule has 2 unspecified atom stereocenters. The third-order valence-electron chi connectivity index (χ3n) is 5.75. The van der Waals surface area contributed by atoms with Gasteiger partial charge >= 0.3 is 0 Å². The van der Waals surface area contributed by atoms with Crippen molar-refractivity contribution in [1.29, 1.82) is 0 Å². The number of piperidine rings is 1. The lowest BCUT2D eigenvalue weighted by Gasteiger charge is -2.56. The number of allylic oxidation sites excluding steroid dienone is 5. The average Bonchev–Trinajstić information content (AvgIpc) is 2.53. The Labute approximate surface area is 134 Å². The third-order valence-corrected chi connectivity index (χ3v) is 5.75. The molecule has 5 nitrogen and oxygen atoms in total. The monoisotopic (exact) mass is 313 g/mol. The second kappa shape index (κ2) is 4.68. The molecule has 4 aliphatic rings. The molecule has 5 heteroatoms. The standard InChI is InChI=1S/C18H19NO4/c1-19-6-5-18-9-14(21)15(23-2)8-11(18)12(19)7-10-3-4-13(20)17(22)16(10)18/h3-4,7-8,11-12,22H,5-6,9H2,1-2H3/t11?,12?,18-/m1/s1. The summed E-state index contributed by atoms with van der Waals surface area (Å²) < 4.78 is 5.25. The highest BCUT2D eigenvalue weighted by molar-refractivity contribution is 6.06. The molecule has 1 fully saturated rings. The van der Waals surface area contributed by atoms with Gasteiger partial charge in [0.1, 0.15) is 0 Å². The predicted octanol–water partition coefficient (Wildman–Crippen LogP) is 1.69. The lowest BCUT2D eigenvalue weighted by molar-refractivity contribution is -0.124. The number of aliphatic hydroxyl groups excluding tert-OH is 1. The Kier molecular flexibility index (Phi) is 2.94. The van der Waals surface area contributed by atoms with E-state index in [0.29, 0.717) is 11.3 Å². The first-order valence-electron chi connectivity index (χ1n) is 7.85. The van der Waals surface area contributed by atoms with Gasteiger partial charge in [-0.1, -0.05) is 12.2 Å². The van der Waals surface area contributed by atoms with E-state index < -0.39 is 5.41 Å². The van der Waals surface area contributed by atoms with Gasteiger partial charge in [0.05, 0.1) is 7.11 Å². The number of fused-ring (bicyclic) bond motifs is 1. The molecule has 0 aromatic rings. The van der Waals surface area contributed by atoms with E-state index in [1.807, 2.05) is 6.08 Å². The number of methoxy groups -OCH3 is 1. The van der Waals surface area contributed by atoms with Gasteiger partial charge in [0, 0.05) is 29.4 Å². The lowest BCUT2D eigenvalue weighted by Crippen LogP contribution is -2.57. The second-order valence-electron chi connectivity index (χ2n) is 6.78. The van der Waals surface area contributed by atoms with Crippen LogP contribution < -0.4 is 0 Å². The summed E-state index contributed by atoms with van der Waals surface area (Å²) in [4.78, 5) is 26.7. The summed E-state index contributed by atoms with van der Waals surface area (Å²) >= 11 is 0. The Morgan fingerprint density at radius 3 is 2.83 bits per heavy atom. The Hall–Kier alpha value is -2.14. The van der Waals surface area contributed by atoms with Crippen LogP contribution in [-0.4, -0.2) is 48.3 Å². The largest absolute Gasteiger partial charge is 0.504 e. The summed E-state index contributed by atoms with van der Waals surface area (Å²) in [6, 6.07) is 0.131. The molecule has 1 saturated heterocycles. The molecule has 2 bridgehead atoms. The van der Waals surface area contributed by atoms with Gasteiger partial charge in [-0.2, -0.15) is 0 Å². The number of ketones is 2. The number of aliphatic hydroxyl groups is 1. The van der Waals surface area contributed by atoms with Crippen LogP contribution in [0.2, 0.25) is 0 Å². The van der Waals surface area contributed by atoms with Gasteiger partial charge in [-0.25, -0.2) is 0 Å². The van der Waals surface area contributed by atoms with E-state index >= 15 is 0 Å². The topological polar surface area (TPSA) is 66.8 Å². The number of hydrogen-bond donors (Lipinski definition) is 1. The number of hydrogen-bond acceptors (Lipinski definition) is 5. The van der Waals surface area contributed by atoms with E-state index in [1.54, 1.807) is 6.08 Å². The fourth-order valence-electron chi connectivity index (χ4n) is 4.61. The number of nitrogens with zero attached hydrogens (tertiary/aromatic N) is 1. The summed E-state index contributed by atoms with van der Waals surface area (Å²) in [6.45, 7) is 0.822. The zero-order valence-corrected chi connectivity index (χ0v) is 13.2. The molecule has 0 aromatic carbocycles. The lowest BCUT2D eigenvalue weighted by atomic mass is 9.53. The van der Waals surface area contributed by atoms with Crippen molar-refractivity contribution in [2.24, 2.45) is 11.3 Å². The molecule has 3 atom stereocenters. The van der Waals surface area contributed by atoms with Gasteiger partial charge < -0.3 is 9.84 Å². The summed E-state index contributed by atoms with van der Waals surface area (Å²) in [6.07, 6.45) is 8.17. The molecule has 0 amide bonds. The van der Waals surface area contributed by atoms with Gasteiger partial charge in [0.25, 0.3) is 0 Å². The van der Waals surface area contributed by atoms with Crippen LogP contribution in [0.4, 0.5) is 0 Å². The van der Waals surface area contributed by atoms with E-state index in [-0.39, 0.29) is 35.7 Å². The maximum atomic E-state index is 12.5. The minimum atomic E-state index is -0.509. The van der Waals surface area contributed by atoms with Gasteiger partial charge in [-0.3, -0.25) is 14.5 Å². The quantitative estimate of drug-likeness (QED) is 0.798. The first-order chi connectivity index (χ1) is 11.0. The van der Waals surface area contributed by atoms with E-state index in [2.05, 4.69) is 18.0 Å². The average molecular weight is 313 g/mol. The second-order valence-corrected chi connectivity index (χ2v) is 6.78. The van der Waals surface area contributed by atoms with E-state index in [1.165, 1.54) is 13.2 Å². The van der Waals surface area contributed by atoms with E-state index in [9.17, 15) is 14.7 Å². The first-order valence-corrected chi connectivity index (χ1v) is 7.85. The van der Waals surface area contributed by atoms with Crippen molar-refractivity contribution < 1.29 is 19.4 Å². The van der Waals surface area contributed by atoms with Crippen LogP contribution in [0.5, 0.6) is 0 Å². The molecule has 0 saturated carbocycles. The first kappa shape index (κ1) is 14.5. The minimum absolute atomic E-state index is 0.0223. The molecule has 120 valence electrons. The minimum Gasteiger partial charge on any atom is -0.504 e. The Bertz CT molecular complexity index is 742. The van der Waals surface area contributed by atoms with Crippen molar-refractivity contribution in [2.75, 3.05) is 20.7 Å². The number of likely N-dealkylation sites (N-methyl/N-ethyl adjacent to an activating group) is 1. The smallest absolute Gasteiger partial charge is 0.220 e. The van der Waals surface area contributed by atoms with Crippen molar-refractivity contribution in [2.45, 2.75) is 18.9 Å². The van der Waals surface area contributed by atoms with Gasteiger partial charge in [-0.15, -0.1) is 0 Å². The van der Waals surface area contributed by atoms with Crippen LogP contribution in [0.3, 0.4) is 0 Å². The molecule has 0 radical (unpaired) electrons. The zero-order valence-electron chi connectivity index (χ0n) is 13.2. The number of likely N-dealkylation sites (tertiary alicyclic amines) is 1. The fourth-order valence-corrected chi connectivity index (χ4v) is 4.61. The number of rotatable bonds is 1. The molecule has 3 aliphatic carbocycles. The number of Topliss-reactive ketones (excluding diaryl/α,β-unsaturated/α-hetero) is 1. The third kappa shape index (κ3) is 1.77. The Morgan fingerprint density at radius 1 is 1.30 bits per heavy atom. The summed E-state index contributed by atoms with van der Waals surface area (Å²) in [7, 11) is 3.57. The predicted molar refractivity (Wildman–Crippen MR) is 83.6 cm³/mol. The summed E-state index contributed by atoms with van der Waals surface area (Å²) in [5, 5.41) is 10.5. The molecule has 4 rings (SSSR count). The summed E-state index contributed by atoms with van der Waals surface area (Å²) in [5.41, 5.74) is 1.02. The molecule has 0 spiro atoms. The molecule has 1 heterocycles. The maximum Gasteiger partial charge on any atom is 0.220 e. The van der Waals surface area contributed by atoms with Crippen molar-refractivity contribution in [1.82, 2.24) is 4.90 Å². The molecule has 1 aliphatic heterocycles. The van der Waals surface area contributed by atoms with Crippen molar-refractivity contribution in [3.63, 3.8) is 0 Å². The van der Waals surface area contributed by atoms with Gasteiger partial charge in [-0.05, 0) is 37.7 Å². The van der Waals surface area contributed by atoms with Crippen molar-refractivity contribution >= 4 is 11.6 Å². The highest BCUT2D eigenvalue weighted by Crippen LogP contribution is 2.58. The molecule has 1 N–H and O–H groups in total. The van der Waals surface area contributed by atoms with Crippen LogP contribution in [-0.2, 0) is 14.3 Å². The zero-order chi connectivity index (χ0) is 16.4. The van der Waals surface area contributed by atoms with Crippen molar-refractivity contribution in [3.05, 3.63) is 47.0 Å². The van der Waals surface area contributed by atoms with Gasteiger partial charge in [0.15, 0.2) is 17.3 Å².